The Bertz CT molecular complexity index is 161. The molecule has 1 N–H and O–H groups in total. The van der Waals surface area contributed by atoms with Crippen LogP contribution in [0.15, 0.2) is 0 Å². The lowest BCUT2D eigenvalue weighted by molar-refractivity contribution is 0.0731. The molecule has 0 aromatic rings. The van der Waals surface area contributed by atoms with Gasteiger partial charge in [-0.3, -0.25) is 0 Å². The number of hydrogen-bond donors (Lipinski definition) is 1. The molecule has 0 radical (unpaired) electrons. The normalized spacial score (nSPS) is 34.9. The molecule has 0 amide bonds. The van der Waals surface area contributed by atoms with Crippen molar-refractivity contribution in [2.24, 2.45) is 5.92 Å². The standard InChI is InChI=1S/C9H20ClNO2Si/c1-9-4-6-12-14(2,7-3-5-10)13-11-8-9/h9,11H,3-8H2,1-2H3. The number of hydrogen-bond acceptors (Lipinski definition) is 3. The Labute approximate surface area is 92.3 Å². The molecule has 3 nitrogen and oxygen atoms in total. The van der Waals surface area contributed by atoms with Gasteiger partial charge >= 0.3 is 8.56 Å². The van der Waals surface area contributed by atoms with E-state index in [1.807, 2.05) is 0 Å². The molecule has 0 spiro atoms. The second-order valence-electron chi connectivity index (χ2n) is 4.12. The molecule has 0 aromatic heterocycles. The average molecular weight is 238 g/mol. The van der Waals surface area contributed by atoms with Gasteiger partial charge in [-0.25, -0.2) is 5.48 Å². The minimum Gasteiger partial charge on any atom is -0.394 e. The van der Waals surface area contributed by atoms with Crippen LogP contribution in [0.3, 0.4) is 0 Å². The van der Waals surface area contributed by atoms with Crippen LogP contribution in [0, 0.1) is 5.92 Å². The van der Waals surface area contributed by atoms with E-state index in [1.165, 1.54) is 0 Å². The van der Waals surface area contributed by atoms with Crippen molar-refractivity contribution in [2.75, 3.05) is 19.0 Å². The van der Waals surface area contributed by atoms with E-state index in [4.69, 9.17) is 20.6 Å². The summed E-state index contributed by atoms with van der Waals surface area (Å²) in [5.74, 6) is 1.31. The maximum atomic E-state index is 5.84. The SMILES string of the molecule is CC1CCO[Si](C)(CCCCl)ONC1. The van der Waals surface area contributed by atoms with Gasteiger partial charge in [-0.2, -0.15) is 0 Å². The van der Waals surface area contributed by atoms with Gasteiger partial charge in [0.25, 0.3) is 0 Å². The van der Waals surface area contributed by atoms with E-state index in [9.17, 15) is 0 Å². The van der Waals surface area contributed by atoms with Crippen LogP contribution in [0.25, 0.3) is 0 Å². The second kappa shape index (κ2) is 6.08. The summed E-state index contributed by atoms with van der Waals surface area (Å²) in [5.41, 5.74) is 3.03. The molecule has 1 rings (SSSR count). The summed E-state index contributed by atoms with van der Waals surface area (Å²) in [7, 11) is -1.97. The van der Waals surface area contributed by atoms with Gasteiger partial charge in [0.05, 0.1) is 0 Å². The van der Waals surface area contributed by atoms with E-state index in [2.05, 4.69) is 19.0 Å². The lowest BCUT2D eigenvalue weighted by Crippen LogP contribution is -2.46. The number of hydroxylamine groups is 1. The summed E-state index contributed by atoms with van der Waals surface area (Å²) >= 11 is 5.67. The molecule has 1 heterocycles. The molecule has 0 aromatic carbocycles. The molecule has 84 valence electrons. The highest BCUT2D eigenvalue weighted by molar-refractivity contribution is 6.65. The summed E-state index contributed by atoms with van der Waals surface area (Å²) in [4.78, 5) is 0. The number of rotatable bonds is 3. The monoisotopic (exact) mass is 237 g/mol. The van der Waals surface area contributed by atoms with Crippen molar-refractivity contribution in [3.63, 3.8) is 0 Å². The topological polar surface area (TPSA) is 30.5 Å². The molecule has 0 aliphatic carbocycles. The van der Waals surface area contributed by atoms with Gasteiger partial charge in [-0.05, 0) is 31.4 Å². The predicted molar refractivity (Wildman–Crippen MR) is 60.6 cm³/mol. The van der Waals surface area contributed by atoms with Crippen LogP contribution in [0.2, 0.25) is 12.6 Å². The first-order valence-corrected chi connectivity index (χ1v) is 8.33. The molecule has 5 heteroatoms. The highest BCUT2D eigenvalue weighted by Gasteiger charge is 2.33. The van der Waals surface area contributed by atoms with Crippen molar-refractivity contribution in [2.45, 2.75) is 32.4 Å². The van der Waals surface area contributed by atoms with E-state index in [0.29, 0.717) is 11.8 Å². The smallest absolute Gasteiger partial charge is 0.355 e. The largest absolute Gasteiger partial charge is 0.394 e. The molecule has 1 fully saturated rings. The predicted octanol–water partition coefficient (Wildman–Crippen LogP) is 2.26. The zero-order chi connectivity index (χ0) is 10.4. The molecule has 14 heavy (non-hydrogen) atoms. The summed E-state index contributed by atoms with van der Waals surface area (Å²) in [6.45, 7) is 6.05. The van der Waals surface area contributed by atoms with Crippen molar-refractivity contribution in [1.29, 1.82) is 0 Å². The Hall–Kier alpha value is 0.387. The first-order valence-electron chi connectivity index (χ1n) is 5.27. The zero-order valence-electron chi connectivity index (χ0n) is 9.01. The van der Waals surface area contributed by atoms with E-state index < -0.39 is 8.56 Å². The zero-order valence-corrected chi connectivity index (χ0v) is 10.8. The first-order chi connectivity index (χ1) is 6.66. The Morgan fingerprint density at radius 3 is 3.07 bits per heavy atom. The Morgan fingerprint density at radius 1 is 1.57 bits per heavy atom. The van der Waals surface area contributed by atoms with Gasteiger partial charge in [-0.15, -0.1) is 11.6 Å². The third-order valence-electron chi connectivity index (χ3n) is 2.50. The molecular formula is C9H20ClNO2Si. The summed E-state index contributed by atoms with van der Waals surface area (Å²) < 4.78 is 11.5. The summed E-state index contributed by atoms with van der Waals surface area (Å²) in [6, 6.07) is 0.970. The third-order valence-corrected chi connectivity index (χ3v) is 5.42. The minimum atomic E-state index is -1.97. The Balaban J connectivity index is 2.36. The van der Waals surface area contributed by atoms with Crippen molar-refractivity contribution in [3.05, 3.63) is 0 Å². The Kier molecular flexibility index (Phi) is 5.41. The van der Waals surface area contributed by atoms with Gasteiger partial charge < -0.3 is 8.95 Å². The quantitative estimate of drug-likeness (QED) is 0.604. The molecule has 1 aliphatic rings. The van der Waals surface area contributed by atoms with Crippen LogP contribution in [-0.4, -0.2) is 27.6 Å². The van der Waals surface area contributed by atoms with Crippen molar-refractivity contribution in [3.8, 4) is 0 Å². The molecule has 1 aliphatic heterocycles. The van der Waals surface area contributed by atoms with Gasteiger partial charge in [0.1, 0.15) is 0 Å². The lowest BCUT2D eigenvalue weighted by atomic mass is 10.1. The number of alkyl halides is 1. The maximum absolute atomic E-state index is 5.84. The molecule has 1 saturated heterocycles. The highest BCUT2D eigenvalue weighted by atomic mass is 35.5. The van der Waals surface area contributed by atoms with Crippen LogP contribution < -0.4 is 5.48 Å². The van der Waals surface area contributed by atoms with E-state index in [0.717, 1.165) is 32.0 Å². The molecule has 0 saturated carbocycles. The third kappa shape index (κ3) is 4.27. The van der Waals surface area contributed by atoms with Crippen LogP contribution in [0.1, 0.15) is 19.8 Å². The summed E-state index contributed by atoms with van der Waals surface area (Å²) in [5, 5.41) is 0. The lowest BCUT2D eigenvalue weighted by Gasteiger charge is -2.30. The van der Waals surface area contributed by atoms with E-state index in [-0.39, 0.29) is 0 Å². The fourth-order valence-electron chi connectivity index (χ4n) is 1.46. The average Bonchev–Trinajstić information content (AvgIpc) is 2.12. The molecule has 2 unspecified atom stereocenters. The van der Waals surface area contributed by atoms with Crippen LogP contribution in [0.5, 0.6) is 0 Å². The van der Waals surface area contributed by atoms with Gasteiger partial charge in [-0.1, -0.05) is 6.92 Å². The van der Waals surface area contributed by atoms with Gasteiger partial charge in [0.15, 0.2) is 0 Å². The summed E-state index contributed by atoms with van der Waals surface area (Å²) in [6.07, 6.45) is 2.08. The van der Waals surface area contributed by atoms with Gasteiger partial charge in [0, 0.05) is 19.0 Å². The van der Waals surface area contributed by atoms with Crippen LogP contribution in [-0.2, 0) is 8.95 Å². The fourth-order valence-corrected chi connectivity index (χ4v) is 3.88. The number of halogens is 1. The highest BCUT2D eigenvalue weighted by Crippen LogP contribution is 2.18. The van der Waals surface area contributed by atoms with Crippen molar-refractivity contribution >= 4 is 20.2 Å². The second-order valence-corrected chi connectivity index (χ2v) is 7.76. The molecule has 0 bridgehead atoms. The van der Waals surface area contributed by atoms with Crippen molar-refractivity contribution < 1.29 is 8.95 Å². The molecule has 2 atom stereocenters. The minimum absolute atomic E-state index is 0.626. The molecular weight excluding hydrogens is 218 g/mol. The maximum Gasteiger partial charge on any atom is 0.355 e. The first kappa shape index (κ1) is 12.5. The number of nitrogens with one attached hydrogen (secondary N) is 1. The van der Waals surface area contributed by atoms with E-state index >= 15 is 0 Å². The van der Waals surface area contributed by atoms with Crippen LogP contribution in [0.4, 0.5) is 0 Å². The van der Waals surface area contributed by atoms with Crippen molar-refractivity contribution in [1.82, 2.24) is 5.48 Å². The van der Waals surface area contributed by atoms with Gasteiger partial charge in [0.2, 0.25) is 0 Å². The van der Waals surface area contributed by atoms with E-state index in [1.54, 1.807) is 0 Å². The fraction of sp³-hybridized carbons (Fsp3) is 1.00. The Morgan fingerprint density at radius 2 is 2.36 bits per heavy atom. The van der Waals surface area contributed by atoms with Crippen LogP contribution >= 0.6 is 11.6 Å².